The molecule has 0 saturated carbocycles. The molecule has 0 aliphatic rings. The molecule has 0 aliphatic carbocycles. The van der Waals surface area contributed by atoms with E-state index >= 15 is 0 Å². The van der Waals surface area contributed by atoms with Gasteiger partial charge in [-0.1, -0.05) is 48.0 Å². The molecule has 10 heteroatoms. The molecule has 0 saturated heterocycles. The Morgan fingerprint density at radius 3 is 1.80 bits per heavy atom. The predicted octanol–water partition coefficient (Wildman–Crippen LogP) is -0.407. The van der Waals surface area contributed by atoms with E-state index in [4.69, 9.17) is 10.8 Å². The van der Waals surface area contributed by atoms with E-state index < -0.39 is 54.5 Å². The first-order valence-corrected chi connectivity index (χ1v) is 10.4. The molecule has 10 nitrogen and oxygen atoms in total. The minimum absolute atomic E-state index is 0.0443. The first-order valence-electron chi connectivity index (χ1n) is 10.4. The van der Waals surface area contributed by atoms with Gasteiger partial charge in [-0.05, 0) is 24.2 Å². The van der Waals surface area contributed by atoms with Gasteiger partial charge in [0.25, 0.3) is 0 Å². The van der Waals surface area contributed by atoms with Crippen LogP contribution in [0.1, 0.15) is 54.4 Å². The normalized spacial score (nSPS) is 16.3. The highest BCUT2D eigenvalue weighted by Crippen LogP contribution is 2.12. The molecule has 0 radical (unpaired) electrons. The summed E-state index contributed by atoms with van der Waals surface area (Å²) < 4.78 is 0. The zero-order valence-electron chi connectivity index (χ0n) is 18.8. The van der Waals surface area contributed by atoms with Crippen LogP contribution in [-0.4, -0.2) is 64.7 Å². The number of hydrogen-bond acceptors (Lipinski definition) is 6. The molecule has 0 aromatic carbocycles. The lowest BCUT2D eigenvalue weighted by Gasteiger charge is -2.28. The molecule has 0 heterocycles. The van der Waals surface area contributed by atoms with Gasteiger partial charge < -0.3 is 31.9 Å². The number of amides is 3. The average molecular weight is 431 g/mol. The Labute approximate surface area is 178 Å². The number of aliphatic hydroxyl groups is 1. The van der Waals surface area contributed by atoms with Gasteiger partial charge in [-0.15, -0.1) is 0 Å². The fourth-order valence-corrected chi connectivity index (χ4v) is 2.78. The van der Waals surface area contributed by atoms with E-state index in [9.17, 15) is 24.3 Å². The summed E-state index contributed by atoms with van der Waals surface area (Å²) >= 11 is 0. The van der Waals surface area contributed by atoms with Crippen molar-refractivity contribution in [3.63, 3.8) is 0 Å². The summed E-state index contributed by atoms with van der Waals surface area (Å²) in [6.45, 7) is 10.1. The summed E-state index contributed by atoms with van der Waals surface area (Å²) in [4.78, 5) is 49.2. The first-order chi connectivity index (χ1) is 13.8. The van der Waals surface area contributed by atoms with Gasteiger partial charge in [0.1, 0.15) is 24.2 Å². The van der Waals surface area contributed by atoms with Gasteiger partial charge >= 0.3 is 5.97 Å². The quantitative estimate of drug-likeness (QED) is 0.231. The lowest BCUT2D eigenvalue weighted by Crippen LogP contribution is -2.59. The smallest absolute Gasteiger partial charge is 0.326 e. The van der Waals surface area contributed by atoms with E-state index in [0.717, 1.165) is 0 Å². The third-order valence-corrected chi connectivity index (χ3v) is 4.90. The van der Waals surface area contributed by atoms with E-state index in [-0.39, 0.29) is 17.8 Å². The second-order valence-electron chi connectivity index (χ2n) is 8.42. The number of nitrogens with two attached hydrogens (primary N) is 1. The van der Waals surface area contributed by atoms with Crippen LogP contribution in [0.2, 0.25) is 0 Å². The first kappa shape index (κ1) is 27.8. The number of carboxylic acid groups (broad SMARTS) is 1. The van der Waals surface area contributed by atoms with Crippen molar-refractivity contribution in [1.29, 1.82) is 0 Å². The summed E-state index contributed by atoms with van der Waals surface area (Å²) in [5.41, 5.74) is 5.52. The lowest BCUT2D eigenvalue weighted by molar-refractivity contribution is -0.143. The van der Waals surface area contributed by atoms with Crippen molar-refractivity contribution in [3.05, 3.63) is 0 Å². The Balaban J connectivity index is 5.52. The molecule has 0 bridgehead atoms. The van der Waals surface area contributed by atoms with E-state index in [1.54, 1.807) is 20.8 Å². The third-order valence-electron chi connectivity index (χ3n) is 4.90. The average Bonchev–Trinajstić information content (AvgIpc) is 2.66. The summed E-state index contributed by atoms with van der Waals surface area (Å²) in [6.07, 6.45) is 0.863. The van der Waals surface area contributed by atoms with Crippen LogP contribution < -0.4 is 21.7 Å². The molecule has 0 aromatic rings. The van der Waals surface area contributed by atoms with Gasteiger partial charge in [0, 0.05) is 0 Å². The molecule has 5 atom stereocenters. The summed E-state index contributed by atoms with van der Waals surface area (Å²) in [6, 6.07) is -4.17. The zero-order chi connectivity index (χ0) is 23.6. The van der Waals surface area contributed by atoms with E-state index in [1.807, 2.05) is 20.8 Å². The molecule has 0 fully saturated rings. The lowest BCUT2D eigenvalue weighted by atomic mass is 9.96. The Morgan fingerprint density at radius 1 is 0.867 bits per heavy atom. The van der Waals surface area contributed by atoms with Crippen LogP contribution in [0.15, 0.2) is 0 Å². The van der Waals surface area contributed by atoms with E-state index in [2.05, 4.69) is 16.0 Å². The molecule has 7 N–H and O–H groups in total. The minimum atomic E-state index is -1.17. The number of aliphatic carboxylic acids is 1. The zero-order valence-corrected chi connectivity index (χ0v) is 18.8. The molecule has 174 valence electrons. The van der Waals surface area contributed by atoms with Gasteiger partial charge in [-0.25, -0.2) is 4.79 Å². The number of carbonyl (C=O) groups excluding carboxylic acids is 3. The van der Waals surface area contributed by atoms with Crippen LogP contribution in [0.4, 0.5) is 0 Å². The Hall–Kier alpha value is -2.20. The van der Waals surface area contributed by atoms with Crippen molar-refractivity contribution in [2.24, 2.45) is 23.5 Å². The number of aliphatic hydroxyl groups excluding tert-OH is 1. The number of carbonyl (C=O) groups is 4. The van der Waals surface area contributed by atoms with Crippen molar-refractivity contribution in [2.75, 3.05) is 6.61 Å². The molecular weight excluding hydrogens is 392 g/mol. The maximum Gasteiger partial charge on any atom is 0.326 e. The summed E-state index contributed by atoms with van der Waals surface area (Å²) in [5.74, 6) is -3.55. The van der Waals surface area contributed by atoms with Crippen LogP contribution in [0, 0.1) is 17.8 Å². The van der Waals surface area contributed by atoms with Crippen molar-refractivity contribution >= 4 is 23.7 Å². The van der Waals surface area contributed by atoms with Crippen LogP contribution in [0.3, 0.4) is 0 Å². The monoisotopic (exact) mass is 430 g/mol. The van der Waals surface area contributed by atoms with E-state index in [0.29, 0.717) is 12.8 Å². The molecule has 0 spiro atoms. The molecule has 3 amide bonds. The van der Waals surface area contributed by atoms with Gasteiger partial charge in [0.2, 0.25) is 17.7 Å². The summed E-state index contributed by atoms with van der Waals surface area (Å²) in [7, 11) is 0. The SMILES string of the molecule is CCC(C)C(NC(=O)C(N)CO)C(=O)NC(CC(C)C)C(=O)NC(C(=O)O)C(C)C. The van der Waals surface area contributed by atoms with Crippen molar-refractivity contribution < 1.29 is 29.4 Å². The Kier molecular flexibility index (Phi) is 12.2. The van der Waals surface area contributed by atoms with Gasteiger partial charge in [0.05, 0.1) is 6.61 Å². The topological polar surface area (TPSA) is 171 Å². The Morgan fingerprint density at radius 2 is 1.40 bits per heavy atom. The summed E-state index contributed by atoms with van der Waals surface area (Å²) in [5, 5.41) is 26.0. The molecule has 0 rings (SSSR count). The highest BCUT2D eigenvalue weighted by atomic mass is 16.4. The maximum atomic E-state index is 12.9. The van der Waals surface area contributed by atoms with Crippen molar-refractivity contribution in [1.82, 2.24) is 16.0 Å². The molecule has 5 unspecified atom stereocenters. The third kappa shape index (κ3) is 9.08. The van der Waals surface area contributed by atoms with E-state index in [1.165, 1.54) is 0 Å². The van der Waals surface area contributed by atoms with Crippen LogP contribution in [0.25, 0.3) is 0 Å². The van der Waals surface area contributed by atoms with Crippen LogP contribution in [0.5, 0.6) is 0 Å². The molecule has 0 aliphatic heterocycles. The molecule has 0 aromatic heterocycles. The maximum absolute atomic E-state index is 12.9. The second-order valence-corrected chi connectivity index (χ2v) is 8.42. The molecular formula is C20H38N4O6. The van der Waals surface area contributed by atoms with Gasteiger partial charge in [-0.2, -0.15) is 0 Å². The standard InChI is InChI=1S/C20H38N4O6/c1-7-12(6)16(24-17(26)13(21)9-25)19(28)22-14(8-10(2)3)18(27)23-15(11(4)5)20(29)30/h10-16,25H,7-9,21H2,1-6H3,(H,22,28)(H,23,27)(H,24,26)(H,29,30). The largest absolute Gasteiger partial charge is 0.480 e. The predicted molar refractivity (Wildman–Crippen MR) is 112 cm³/mol. The second kappa shape index (κ2) is 13.2. The minimum Gasteiger partial charge on any atom is -0.480 e. The highest BCUT2D eigenvalue weighted by Gasteiger charge is 2.33. The number of nitrogens with one attached hydrogen (secondary N) is 3. The number of carboxylic acids is 1. The number of rotatable bonds is 13. The van der Waals surface area contributed by atoms with Gasteiger partial charge in [-0.3, -0.25) is 14.4 Å². The number of hydrogen-bond donors (Lipinski definition) is 6. The van der Waals surface area contributed by atoms with Crippen LogP contribution in [-0.2, 0) is 19.2 Å². The fourth-order valence-electron chi connectivity index (χ4n) is 2.78. The Bertz CT molecular complexity index is 596. The fraction of sp³-hybridized carbons (Fsp3) is 0.800. The highest BCUT2D eigenvalue weighted by molar-refractivity contribution is 5.94. The van der Waals surface area contributed by atoms with Crippen molar-refractivity contribution in [2.45, 2.75) is 78.6 Å². The molecule has 30 heavy (non-hydrogen) atoms. The van der Waals surface area contributed by atoms with Gasteiger partial charge in [0.15, 0.2) is 0 Å². The van der Waals surface area contributed by atoms with Crippen LogP contribution >= 0.6 is 0 Å². The van der Waals surface area contributed by atoms with Crippen molar-refractivity contribution in [3.8, 4) is 0 Å².